The van der Waals surface area contributed by atoms with E-state index in [4.69, 9.17) is 0 Å². The quantitative estimate of drug-likeness (QED) is 0.532. The summed E-state index contributed by atoms with van der Waals surface area (Å²) in [4.78, 5) is 18.6. The van der Waals surface area contributed by atoms with Gasteiger partial charge in [0.05, 0.1) is 21.3 Å². The van der Waals surface area contributed by atoms with Gasteiger partial charge in [0.2, 0.25) is 0 Å². The summed E-state index contributed by atoms with van der Waals surface area (Å²) in [5.74, 6) is 0. The third-order valence-electron chi connectivity index (χ3n) is 4.02. The van der Waals surface area contributed by atoms with Crippen molar-refractivity contribution in [2.75, 3.05) is 0 Å². The fourth-order valence-electron chi connectivity index (χ4n) is 2.86. The number of thiophene rings is 1. The Kier molecular flexibility index (Phi) is 3.01. The topological polar surface area (TPSA) is 75.9 Å². The number of hydrogen-bond donors (Lipinski definition) is 1. The van der Waals surface area contributed by atoms with E-state index in [1.54, 1.807) is 22.0 Å². The van der Waals surface area contributed by atoms with E-state index in [1.165, 1.54) is 0 Å². The van der Waals surface area contributed by atoms with Gasteiger partial charge in [-0.15, -0.1) is 11.3 Å². The summed E-state index contributed by atoms with van der Waals surface area (Å²) in [6, 6.07) is 15.3. The number of nitrogens with one attached hydrogen (secondary N) is 1. The maximum atomic E-state index is 12.0. The summed E-state index contributed by atoms with van der Waals surface area (Å²) in [5.41, 5.74) is 2.26. The second kappa shape index (κ2) is 5.35. The van der Waals surface area contributed by atoms with E-state index in [1.807, 2.05) is 54.7 Å². The second-order valence-corrected chi connectivity index (χ2v) is 6.65. The summed E-state index contributed by atoms with van der Waals surface area (Å²) < 4.78 is 1.75. The van der Waals surface area contributed by atoms with Gasteiger partial charge in [0.15, 0.2) is 5.65 Å². The molecule has 1 N–H and O–H groups in total. The van der Waals surface area contributed by atoms with Crippen LogP contribution in [0.15, 0.2) is 65.7 Å². The van der Waals surface area contributed by atoms with E-state index >= 15 is 0 Å². The van der Waals surface area contributed by atoms with Crippen LogP contribution in [0.2, 0.25) is 0 Å². The lowest BCUT2D eigenvalue weighted by Gasteiger charge is -2.01. The Morgan fingerprint density at radius 1 is 0.960 bits per heavy atom. The first kappa shape index (κ1) is 14.1. The van der Waals surface area contributed by atoms with Crippen LogP contribution in [-0.2, 0) is 0 Å². The van der Waals surface area contributed by atoms with Gasteiger partial charge >= 0.3 is 0 Å². The Hall–Kier alpha value is -3.32. The number of H-pyrrole nitrogens is 1. The maximum Gasteiger partial charge on any atom is 0.272 e. The minimum atomic E-state index is -0.178. The first-order valence-electron chi connectivity index (χ1n) is 7.68. The molecule has 0 saturated heterocycles. The molecule has 0 unspecified atom stereocenters. The van der Waals surface area contributed by atoms with Crippen molar-refractivity contribution in [3.63, 3.8) is 0 Å². The highest BCUT2D eigenvalue weighted by Gasteiger charge is 2.13. The first-order valence-corrected chi connectivity index (χ1v) is 8.50. The van der Waals surface area contributed by atoms with Crippen LogP contribution in [0.3, 0.4) is 0 Å². The molecule has 0 spiro atoms. The number of benzene rings is 1. The minimum absolute atomic E-state index is 0.178. The molecule has 0 aliphatic heterocycles. The van der Waals surface area contributed by atoms with Gasteiger partial charge in [0.25, 0.3) is 5.56 Å². The standard InChI is InChI=1S/C18H11N5OS/c24-18-12-5-2-1-4-11(12)17(21-22-18)15-8-7-14(25-15)13-10-23-16(20-13)6-3-9-19-23/h1-10H,(H,22,24). The molecular formula is C18H11N5OS. The predicted octanol–water partition coefficient (Wildman–Crippen LogP) is 3.36. The summed E-state index contributed by atoms with van der Waals surface area (Å²) in [6.07, 6.45) is 3.64. The number of aromatic nitrogens is 5. The Labute approximate surface area is 145 Å². The molecule has 4 aromatic heterocycles. The SMILES string of the molecule is O=c1[nH]nc(-c2ccc(-c3cn4ncccc4n3)s2)c2ccccc12. The second-order valence-electron chi connectivity index (χ2n) is 5.56. The lowest BCUT2D eigenvalue weighted by atomic mass is 10.1. The molecule has 1 aromatic carbocycles. The average molecular weight is 345 g/mol. The van der Waals surface area contributed by atoms with Crippen molar-refractivity contribution < 1.29 is 0 Å². The Morgan fingerprint density at radius 3 is 2.68 bits per heavy atom. The van der Waals surface area contributed by atoms with Crippen LogP contribution in [-0.4, -0.2) is 24.8 Å². The van der Waals surface area contributed by atoms with Crippen molar-refractivity contribution in [2.45, 2.75) is 0 Å². The molecule has 7 heteroatoms. The summed E-state index contributed by atoms with van der Waals surface area (Å²) >= 11 is 1.59. The summed E-state index contributed by atoms with van der Waals surface area (Å²) in [6.45, 7) is 0. The van der Waals surface area contributed by atoms with Gasteiger partial charge in [-0.2, -0.15) is 10.2 Å². The number of imidazole rings is 1. The molecule has 0 bridgehead atoms. The van der Waals surface area contributed by atoms with E-state index in [-0.39, 0.29) is 5.56 Å². The van der Waals surface area contributed by atoms with E-state index in [0.717, 1.165) is 32.2 Å². The molecule has 0 radical (unpaired) electrons. The molecule has 6 nitrogen and oxygen atoms in total. The number of fused-ring (bicyclic) bond motifs is 2. The first-order chi connectivity index (χ1) is 12.3. The molecule has 0 saturated carbocycles. The van der Waals surface area contributed by atoms with Crippen LogP contribution in [0.1, 0.15) is 0 Å². The number of rotatable bonds is 2. The van der Waals surface area contributed by atoms with E-state index in [0.29, 0.717) is 5.39 Å². The van der Waals surface area contributed by atoms with E-state index < -0.39 is 0 Å². The third-order valence-corrected chi connectivity index (χ3v) is 5.14. The van der Waals surface area contributed by atoms with Crippen molar-refractivity contribution in [1.82, 2.24) is 24.8 Å². The fraction of sp³-hybridized carbons (Fsp3) is 0. The lowest BCUT2D eigenvalue weighted by Crippen LogP contribution is -2.08. The summed E-state index contributed by atoms with van der Waals surface area (Å²) in [5, 5.41) is 12.6. The van der Waals surface area contributed by atoms with Crippen molar-refractivity contribution >= 4 is 27.8 Å². The van der Waals surface area contributed by atoms with E-state index in [9.17, 15) is 4.79 Å². The molecule has 120 valence electrons. The van der Waals surface area contributed by atoms with Gasteiger partial charge < -0.3 is 0 Å². The molecule has 5 rings (SSSR count). The zero-order valence-corrected chi connectivity index (χ0v) is 13.7. The van der Waals surface area contributed by atoms with Gasteiger partial charge in [-0.05, 0) is 30.3 Å². The molecule has 0 atom stereocenters. The number of aromatic amines is 1. The van der Waals surface area contributed by atoms with Gasteiger partial charge in [-0.25, -0.2) is 14.6 Å². The third kappa shape index (κ3) is 2.25. The number of hydrogen-bond acceptors (Lipinski definition) is 5. The zero-order chi connectivity index (χ0) is 16.8. The Bertz CT molecular complexity index is 1250. The van der Waals surface area contributed by atoms with E-state index in [2.05, 4.69) is 20.3 Å². The van der Waals surface area contributed by atoms with Gasteiger partial charge in [-0.1, -0.05) is 18.2 Å². The van der Waals surface area contributed by atoms with Crippen LogP contribution >= 0.6 is 11.3 Å². The highest BCUT2D eigenvalue weighted by molar-refractivity contribution is 7.18. The van der Waals surface area contributed by atoms with Gasteiger partial charge in [0, 0.05) is 11.6 Å². The van der Waals surface area contributed by atoms with Crippen LogP contribution < -0.4 is 5.56 Å². The largest absolute Gasteiger partial charge is 0.272 e. The normalized spacial score (nSPS) is 11.4. The molecule has 0 aliphatic carbocycles. The van der Waals surface area contributed by atoms with Crippen molar-refractivity contribution in [1.29, 1.82) is 0 Å². The highest BCUT2D eigenvalue weighted by atomic mass is 32.1. The van der Waals surface area contributed by atoms with Crippen molar-refractivity contribution in [2.24, 2.45) is 0 Å². The fourth-order valence-corrected chi connectivity index (χ4v) is 3.82. The molecule has 0 fully saturated rings. The highest BCUT2D eigenvalue weighted by Crippen LogP contribution is 2.35. The zero-order valence-electron chi connectivity index (χ0n) is 12.9. The van der Waals surface area contributed by atoms with Crippen molar-refractivity contribution in [3.8, 4) is 21.1 Å². The predicted molar refractivity (Wildman–Crippen MR) is 97.7 cm³/mol. The smallest absolute Gasteiger partial charge is 0.267 e. The van der Waals surface area contributed by atoms with Crippen LogP contribution in [0.25, 0.3) is 37.6 Å². The Balaban J connectivity index is 1.66. The molecule has 25 heavy (non-hydrogen) atoms. The molecule has 4 heterocycles. The van der Waals surface area contributed by atoms with Gasteiger partial charge in [-0.3, -0.25) is 4.79 Å². The lowest BCUT2D eigenvalue weighted by molar-refractivity contribution is 0.936. The van der Waals surface area contributed by atoms with Gasteiger partial charge in [0.1, 0.15) is 11.4 Å². The minimum Gasteiger partial charge on any atom is -0.267 e. The van der Waals surface area contributed by atoms with Crippen LogP contribution in [0.4, 0.5) is 0 Å². The maximum absolute atomic E-state index is 12.0. The average Bonchev–Trinajstić information content (AvgIpc) is 3.29. The van der Waals surface area contributed by atoms with Crippen LogP contribution in [0, 0.1) is 0 Å². The van der Waals surface area contributed by atoms with Crippen LogP contribution in [0.5, 0.6) is 0 Å². The molecular weight excluding hydrogens is 334 g/mol. The summed E-state index contributed by atoms with van der Waals surface area (Å²) in [7, 11) is 0. The number of nitrogens with zero attached hydrogens (tertiary/aromatic N) is 4. The molecule has 0 amide bonds. The molecule has 0 aliphatic rings. The monoisotopic (exact) mass is 345 g/mol. The molecule has 5 aromatic rings. The van der Waals surface area contributed by atoms with Crippen molar-refractivity contribution in [3.05, 3.63) is 71.3 Å². The Morgan fingerprint density at radius 2 is 1.80 bits per heavy atom.